The maximum absolute atomic E-state index is 11.4. The third-order valence-corrected chi connectivity index (χ3v) is 4.94. The normalized spacial score (nSPS) is 12.8. The first kappa shape index (κ1) is 19.9. The number of anilines is 1. The summed E-state index contributed by atoms with van der Waals surface area (Å²) in [6.45, 7) is 1.65. The molecule has 3 rings (SSSR count). The number of H-pyrrole nitrogens is 1. The van der Waals surface area contributed by atoms with Crippen molar-refractivity contribution >= 4 is 38.3 Å². The molecule has 0 unspecified atom stereocenters. The fourth-order valence-corrected chi connectivity index (χ4v) is 3.64. The van der Waals surface area contributed by atoms with E-state index in [0.717, 1.165) is 22.7 Å². The number of hydrogen-bond acceptors (Lipinski definition) is 4. The van der Waals surface area contributed by atoms with Gasteiger partial charge in [0.15, 0.2) is 0 Å². The van der Waals surface area contributed by atoms with Crippen molar-refractivity contribution in [3.8, 4) is 12.1 Å². The first-order chi connectivity index (χ1) is 13.8. The molecular weight excluding hydrogens is 384 g/mol. The molecule has 0 bridgehead atoms. The molecule has 2 aromatic carbocycles. The molecule has 1 heterocycles. The summed E-state index contributed by atoms with van der Waals surface area (Å²) >= 11 is 0. The second-order valence-corrected chi connectivity index (χ2v) is 8.27. The number of hydrogen-bond donors (Lipinski definition) is 2. The van der Waals surface area contributed by atoms with Crippen LogP contribution in [0.2, 0.25) is 0 Å². The zero-order valence-electron chi connectivity index (χ0n) is 15.9. The van der Waals surface area contributed by atoms with Crippen molar-refractivity contribution in [2.24, 2.45) is 0 Å². The van der Waals surface area contributed by atoms with E-state index < -0.39 is 10.0 Å². The summed E-state index contributed by atoms with van der Waals surface area (Å²) in [5, 5.41) is 20.3. The highest BCUT2D eigenvalue weighted by molar-refractivity contribution is 7.92. The highest BCUT2D eigenvalue weighted by Crippen LogP contribution is 2.30. The van der Waals surface area contributed by atoms with E-state index in [1.165, 1.54) is 0 Å². The van der Waals surface area contributed by atoms with Gasteiger partial charge in [0, 0.05) is 39.5 Å². The van der Waals surface area contributed by atoms with Gasteiger partial charge in [-0.25, -0.2) is 8.42 Å². The van der Waals surface area contributed by atoms with Gasteiger partial charge in [0.25, 0.3) is 0 Å². The molecule has 0 aliphatic heterocycles. The summed E-state index contributed by atoms with van der Waals surface area (Å²) in [4.78, 5) is 3.17. The zero-order chi connectivity index (χ0) is 21.0. The van der Waals surface area contributed by atoms with E-state index in [4.69, 9.17) is 0 Å². The van der Waals surface area contributed by atoms with Crippen LogP contribution in [0.3, 0.4) is 0 Å². The predicted octanol–water partition coefficient (Wildman–Crippen LogP) is 4.44. The lowest BCUT2D eigenvalue weighted by atomic mass is 9.93. The Morgan fingerprint density at radius 1 is 1.07 bits per heavy atom. The predicted molar refractivity (Wildman–Crippen MR) is 115 cm³/mol. The van der Waals surface area contributed by atoms with E-state index in [2.05, 4.69) is 21.8 Å². The molecular formula is C22H18N4O2S. The van der Waals surface area contributed by atoms with Crippen molar-refractivity contribution in [2.75, 3.05) is 11.0 Å². The molecule has 3 aromatic rings. The standard InChI is InChI=1S/C22H18N4O2S/c1-15(12-23)22(16-7-9-19(10-8-16)26-29(2,27)28)17(13-24)11-18-14-25-21-6-4-3-5-20(18)21/h3-11,14,25-26H,1-2H3. The van der Waals surface area contributed by atoms with Crippen LogP contribution in [-0.2, 0) is 10.0 Å². The summed E-state index contributed by atoms with van der Waals surface area (Å²) in [7, 11) is -3.39. The summed E-state index contributed by atoms with van der Waals surface area (Å²) in [5.74, 6) is 0. The number of aromatic amines is 1. The Kier molecular flexibility index (Phi) is 5.54. The Hall–Kier alpha value is -3.81. The number of allylic oxidation sites excluding steroid dienone is 3. The van der Waals surface area contributed by atoms with Crippen molar-refractivity contribution in [1.29, 1.82) is 10.5 Å². The Balaban J connectivity index is 2.09. The minimum absolute atomic E-state index is 0.345. The van der Waals surface area contributed by atoms with Crippen LogP contribution in [0, 0.1) is 22.7 Å². The fraction of sp³-hybridized carbons (Fsp3) is 0.0909. The molecule has 0 aliphatic carbocycles. The molecule has 0 aliphatic rings. The molecule has 0 radical (unpaired) electrons. The molecule has 0 amide bonds. The molecule has 0 saturated carbocycles. The van der Waals surface area contributed by atoms with Crippen LogP contribution in [0.4, 0.5) is 5.69 Å². The molecule has 144 valence electrons. The Morgan fingerprint density at radius 2 is 1.76 bits per heavy atom. The highest BCUT2D eigenvalue weighted by Gasteiger charge is 2.14. The van der Waals surface area contributed by atoms with Crippen LogP contribution in [0.5, 0.6) is 0 Å². The molecule has 0 saturated heterocycles. The van der Waals surface area contributed by atoms with Crippen LogP contribution in [0.15, 0.2) is 65.9 Å². The van der Waals surface area contributed by atoms with Crippen LogP contribution < -0.4 is 4.72 Å². The van der Waals surface area contributed by atoms with Crippen molar-refractivity contribution in [3.63, 3.8) is 0 Å². The topological polar surface area (TPSA) is 110 Å². The van der Waals surface area contributed by atoms with Gasteiger partial charge in [-0.2, -0.15) is 10.5 Å². The van der Waals surface area contributed by atoms with Gasteiger partial charge in [-0.3, -0.25) is 4.72 Å². The van der Waals surface area contributed by atoms with E-state index in [-0.39, 0.29) is 0 Å². The molecule has 6 nitrogen and oxygen atoms in total. The molecule has 2 N–H and O–H groups in total. The first-order valence-electron chi connectivity index (χ1n) is 8.70. The molecule has 0 spiro atoms. The molecule has 7 heteroatoms. The minimum atomic E-state index is -3.39. The maximum Gasteiger partial charge on any atom is 0.229 e. The van der Waals surface area contributed by atoms with Crippen LogP contribution in [0.25, 0.3) is 22.6 Å². The first-order valence-corrected chi connectivity index (χ1v) is 10.6. The maximum atomic E-state index is 11.4. The Morgan fingerprint density at radius 3 is 2.38 bits per heavy atom. The number of para-hydroxylation sites is 1. The number of nitrogens with zero attached hydrogens (tertiary/aromatic N) is 2. The Bertz CT molecular complexity index is 1320. The zero-order valence-corrected chi connectivity index (χ0v) is 16.7. The second kappa shape index (κ2) is 8.05. The number of benzene rings is 2. The largest absolute Gasteiger partial charge is 0.361 e. The number of nitrogens with one attached hydrogen (secondary N) is 2. The quantitative estimate of drug-likeness (QED) is 0.485. The van der Waals surface area contributed by atoms with E-state index in [9.17, 15) is 18.9 Å². The average molecular weight is 402 g/mol. The van der Waals surface area contributed by atoms with Crippen LogP contribution in [-0.4, -0.2) is 19.7 Å². The van der Waals surface area contributed by atoms with Gasteiger partial charge in [-0.05, 0) is 36.8 Å². The van der Waals surface area contributed by atoms with Crippen molar-refractivity contribution < 1.29 is 8.42 Å². The molecule has 1 aromatic heterocycles. The highest BCUT2D eigenvalue weighted by atomic mass is 32.2. The lowest BCUT2D eigenvalue weighted by Gasteiger charge is -2.10. The third-order valence-electron chi connectivity index (χ3n) is 4.33. The van der Waals surface area contributed by atoms with Crippen molar-refractivity contribution in [2.45, 2.75) is 6.92 Å². The molecule has 29 heavy (non-hydrogen) atoms. The van der Waals surface area contributed by atoms with E-state index in [0.29, 0.717) is 28.0 Å². The number of rotatable bonds is 5. The number of aromatic nitrogens is 1. The molecule has 0 fully saturated rings. The van der Waals surface area contributed by atoms with Gasteiger partial charge in [0.05, 0.1) is 24.0 Å². The van der Waals surface area contributed by atoms with Crippen LogP contribution in [0.1, 0.15) is 18.1 Å². The van der Waals surface area contributed by atoms with Gasteiger partial charge in [-0.1, -0.05) is 30.3 Å². The summed E-state index contributed by atoms with van der Waals surface area (Å²) < 4.78 is 25.2. The monoisotopic (exact) mass is 402 g/mol. The summed E-state index contributed by atoms with van der Waals surface area (Å²) in [6, 6.07) is 18.6. The average Bonchev–Trinajstić information content (AvgIpc) is 3.10. The van der Waals surface area contributed by atoms with Crippen LogP contribution >= 0.6 is 0 Å². The van der Waals surface area contributed by atoms with E-state index in [1.807, 2.05) is 30.5 Å². The minimum Gasteiger partial charge on any atom is -0.361 e. The second-order valence-electron chi connectivity index (χ2n) is 6.52. The summed E-state index contributed by atoms with van der Waals surface area (Å²) in [5.41, 5.74) is 4.09. The van der Waals surface area contributed by atoms with Gasteiger partial charge in [0.2, 0.25) is 10.0 Å². The van der Waals surface area contributed by atoms with Crippen molar-refractivity contribution in [1.82, 2.24) is 4.98 Å². The van der Waals surface area contributed by atoms with Gasteiger partial charge >= 0.3 is 0 Å². The number of nitriles is 2. The van der Waals surface area contributed by atoms with Gasteiger partial charge < -0.3 is 4.98 Å². The van der Waals surface area contributed by atoms with E-state index >= 15 is 0 Å². The van der Waals surface area contributed by atoms with Gasteiger partial charge in [0.1, 0.15) is 0 Å². The van der Waals surface area contributed by atoms with Gasteiger partial charge in [-0.15, -0.1) is 0 Å². The number of fused-ring (bicyclic) bond motifs is 1. The smallest absolute Gasteiger partial charge is 0.229 e. The van der Waals surface area contributed by atoms with Crippen molar-refractivity contribution in [3.05, 3.63) is 77.0 Å². The number of sulfonamides is 1. The van der Waals surface area contributed by atoms with E-state index in [1.54, 1.807) is 37.3 Å². The fourth-order valence-electron chi connectivity index (χ4n) is 3.08. The lowest BCUT2D eigenvalue weighted by molar-refractivity contribution is 0.607. The Labute approximate surface area is 169 Å². The summed E-state index contributed by atoms with van der Waals surface area (Å²) in [6.07, 6.45) is 4.64. The SMILES string of the molecule is CC(C#N)=C(C(C#N)=Cc1c[nH]c2ccccc12)c1ccc(NS(C)(=O)=O)cc1. The molecule has 0 atom stereocenters. The third kappa shape index (κ3) is 4.55. The lowest BCUT2D eigenvalue weighted by Crippen LogP contribution is -2.09.